The van der Waals surface area contributed by atoms with Crippen LogP contribution in [0.3, 0.4) is 0 Å². The Bertz CT molecular complexity index is 962. The van der Waals surface area contributed by atoms with E-state index in [1.165, 1.54) is 0 Å². The molecule has 6 nitrogen and oxygen atoms in total. The highest BCUT2D eigenvalue weighted by atomic mass is 16.2. The van der Waals surface area contributed by atoms with Crippen LogP contribution >= 0.6 is 0 Å². The highest BCUT2D eigenvalue weighted by Gasteiger charge is 2.27. The first kappa shape index (κ1) is 16.5. The van der Waals surface area contributed by atoms with Crippen LogP contribution in [0.25, 0.3) is 22.5 Å². The molecule has 0 radical (unpaired) electrons. The zero-order chi connectivity index (χ0) is 18.1. The lowest BCUT2D eigenvalue weighted by atomic mass is 9.95. The zero-order valence-electron chi connectivity index (χ0n) is 14.9. The van der Waals surface area contributed by atoms with Crippen LogP contribution in [0.1, 0.15) is 12.0 Å². The topological polar surface area (TPSA) is 63.1 Å². The van der Waals surface area contributed by atoms with Crippen molar-refractivity contribution >= 4 is 11.6 Å². The number of rotatable bonds is 3. The Morgan fingerprint density at radius 3 is 2.65 bits per heavy atom. The van der Waals surface area contributed by atoms with Crippen LogP contribution < -0.4 is 10.2 Å². The maximum Gasteiger partial charge on any atom is 0.228 e. The van der Waals surface area contributed by atoms with Gasteiger partial charge in [0.15, 0.2) is 0 Å². The van der Waals surface area contributed by atoms with Crippen LogP contribution in [0.2, 0.25) is 0 Å². The Hall–Kier alpha value is -2.99. The van der Waals surface area contributed by atoms with E-state index in [-0.39, 0.29) is 5.91 Å². The Balaban J connectivity index is 1.95. The van der Waals surface area contributed by atoms with Gasteiger partial charge in [-0.2, -0.15) is 0 Å². The van der Waals surface area contributed by atoms with Crippen LogP contribution in [0, 0.1) is 0 Å². The van der Waals surface area contributed by atoms with Gasteiger partial charge < -0.3 is 10.2 Å². The van der Waals surface area contributed by atoms with Gasteiger partial charge in [0.25, 0.3) is 0 Å². The highest BCUT2D eigenvalue weighted by Crippen LogP contribution is 2.40. The summed E-state index contributed by atoms with van der Waals surface area (Å²) in [5.41, 5.74) is 5.76. The van der Waals surface area contributed by atoms with E-state index >= 15 is 0 Å². The number of fused-ring (bicyclic) bond motifs is 5. The van der Waals surface area contributed by atoms with Gasteiger partial charge in [-0.1, -0.05) is 47.7 Å². The summed E-state index contributed by atoms with van der Waals surface area (Å²) in [7, 11) is 3.76. The van der Waals surface area contributed by atoms with E-state index in [4.69, 9.17) is 0 Å². The average Bonchev–Trinajstić information content (AvgIpc) is 3.04. The number of aryl methyl sites for hydroxylation is 1. The SMILES string of the molecule is CNCCC(=O)N1Cc2ccccc2-c2c(nnn2C)-c2ccccc21. The summed E-state index contributed by atoms with van der Waals surface area (Å²) in [6.07, 6.45) is 0.445. The van der Waals surface area contributed by atoms with Gasteiger partial charge in [-0.25, -0.2) is 4.68 Å². The molecular weight excluding hydrogens is 326 g/mol. The van der Waals surface area contributed by atoms with Crippen LogP contribution in [0.15, 0.2) is 48.5 Å². The van der Waals surface area contributed by atoms with Crippen LogP contribution in [-0.2, 0) is 18.4 Å². The number of benzene rings is 2. The fourth-order valence-corrected chi connectivity index (χ4v) is 3.48. The number of carbonyl (C=O) groups excluding carboxylic acids is 1. The standard InChI is InChI=1S/C20H21N5O/c1-21-12-11-18(26)25-13-14-7-3-4-8-15(14)20-19(22-23-24(20)2)16-9-5-6-10-17(16)25/h3-10,21H,11-13H2,1-2H3. The molecule has 132 valence electrons. The number of amides is 1. The van der Waals surface area contributed by atoms with Crippen molar-refractivity contribution in [3.63, 3.8) is 0 Å². The van der Waals surface area contributed by atoms with E-state index < -0.39 is 0 Å². The van der Waals surface area contributed by atoms with Crippen molar-refractivity contribution in [2.75, 3.05) is 18.5 Å². The van der Waals surface area contributed by atoms with Crippen LogP contribution in [0.4, 0.5) is 5.69 Å². The Morgan fingerprint density at radius 1 is 1.12 bits per heavy atom. The van der Waals surface area contributed by atoms with E-state index in [9.17, 15) is 4.79 Å². The summed E-state index contributed by atoms with van der Waals surface area (Å²) in [6, 6.07) is 16.1. The lowest BCUT2D eigenvalue weighted by molar-refractivity contribution is -0.118. The monoisotopic (exact) mass is 347 g/mol. The molecular formula is C20H21N5O. The Morgan fingerprint density at radius 2 is 1.85 bits per heavy atom. The molecule has 0 fully saturated rings. The summed E-state index contributed by atoms with van der Waals surface area (Å²) in [4.78, 5) is 14.8. The second-order valence-corrected chi connectivity index (χ2v) is 6.42. The normalized spacial score (nSPS) is 12.6. The molecule has 26 heavy (non-hydrogen) atoms. The average molecular weight is 347 g/mol. The van der Waals surface area contributed by atoms with Crippen LogP contribution in [0.5, 0.6) is 0 Å². The maximum atomic E-state index is 13.0. The minimum Gasteiger partial charge on any atom is -0.319 e. The van der Waals surface area contributed by atoms with Crippen molar-refractivity contribution in [1.82, 2.24) is 20.3 Å². The van der Waals surface area contributed by atoms with Gasteiger partial charge in [-0.3, -0.25) is 4.79 Å². The number of aromatic nitrogens is 3. The first-order valence-electron chi connectivity index (χ1n) is 8.73. The molecule has 0 bridgehead atoms. The van der Waals surface area contributed by atoms with E-state index in [1.807, 2.05) is 60.1 Å². The lowest BCUT2D eigenvalue weighted by Gasteiger charge is -2.28. The Labute approximate surface area is 152 Å². The van der Waals surface area contributed by atoms with E-state index in [2.05, 4.69) is 27.8 Å². The minimum atomic E-state index is 0.0916. The van der Waals surface area contributed by atoms with Crippen molar-refractivity contribution in [2.45, 2.75) is 13.0 Å². The summed E-state index contributed by atoms with van der Waals surface area (Å²) in [6.45, 7) is 1.18. The van der Waals surface area contributed by atoms with Crippen molar-refractivity contribution < 1.29 is 4.79 Å². The third-order valence-corrected chi connectivity index (χ3v) is 4.77. The number of nitrogens with zero attached hydrogens (tertiary/aromatic N) is 4. The maximum absolute atomic E-state index is 13.0. The number of para-hydroxylation sites is 1. The third-order valence-electron chi connectivity index (χ3n) is 4.77. The minimum absolute atomic E-state index is 0.0916. The van der Waals surface area contributed by atoms with E-state index in [0.717, 1.165) is 33.8 Å². The number of hydrogen-bond donors (Lipinski definition) is 1. The number of hydrogen-bond acceptors (Lipinski definition) is 4. The second kappa shape index (κ2) is 6.72. The second-order valence-electron chi connectivity index (χ2n) is 6.42. The van der Waals surface area contributed by atoms with Gasteiger partial charge in [-0.05, 0) is 18.7 Å². The molecule has 1 aromatic heterocycles. The molecule has 1 aliphatic heterocycles. The van der Waals surface area contributed by atoms with E-state index in [1.54, 1.807) is 0 Å². The molecule has 0 saturated heterocycles. The smallest absolute Gasteiger partial charge is 0.228 e. The van der Waals surface area contributed by atoms with Gasteiger partial charge >= 0.3 is 0 Å². The lowest BCUT2D eigenvalue weighted by Crippen LogP contribution is -2.33. The first-order chi connectivity index (χ1) is 12.7. The van der Waals surface area contributed by atoms with Crippen molar-refractivity contribution in [3.05, 3.63) is 54.1 Å². The number of anilines is 1. The first-order valence-corrected chi connectivity index (χ1v) is 8.73. The van der Waals surface area contributed by atoms with Gasteiger partial charge in [0.2, 0.25) is 5.91 Å². The molecule has 0 unspecified atom stereocenters. The number of nitrogens with one attached hydrogen (secondary N) is 1. The highest BCUT2D eigenvalue weighted by molar-refractivity contribution is 6.00. The van der Waals surface area contributed by atoms with Crippen molar-refractivity contribution in [3.8, 4) is 22.5 Å². The van der Waals surface area contributed by atoms with Crippen molar-refractivity contribution in [1.29, 1.82) is 0 Å². The summed E-state index contributed by atoms with van der Waals surface area (Å²) in [5, 5.41) is 11.7. The molecule has 0 spiro atoms. The molecule has 3 aromatic rings. The zero-order valence-corrected chi connectivity index (χ0v) is 14.9. The third kappa shape index (κ3) is 2.68. The van der Waals surface area contributed by atoms with Gasteiger partial charge in [0, 0.05) is 31.1 Å². The largest absolute Gasteiger partial charge is 0.319 e. The van der Waals surface area contributed by atoms with Gasteiger partial charge in [0.05, 0.1) is 17.9 Å². The molecule has 1 amide bonds. The molecule has 0 aliphatic carbocycles. The molecule has 1 aliphatic rings. The molecule has 4 rings (SSSR count). The predicted octanol–water partition coefficient (Wildman–Crippen LogP) is 2.61. The van der Waals surface area contributed by atoms with Gasteiger partial charge in [0.1, 0.15) is 5.69 Å². The number of carbonyl (C=O) groups is 1. The van der Waals surface area contributed by atoms with Gasteiger partial charge in [-0.15, -0.1) is 5.10 Å². The summed E-state index contributed by atoms with van der Waals surface area (Å²) >= 11 is 0. The molecule has 0 saturated carbocycles. The summed E-state index contributed by atoms with van der Waals surface area (Å²) < 4.78 is 1.81. The molecule has 2 aromatic carbocycles. The van der Waals surface area contributed by atoms with Crippen molar-refractivity contribution in [2.24, 2.45) is 7.05 Å². The molecule has 2 heterocycles. The molecule has 1 N–H and O–H groups in total. The molecule has 6 heteroatoms. The molecule has 0 atom stereocenters. The fourth-order valence-electron chi connectivity index (χ4n) is 3.48. The summed E-state index contributed by atoms with van der Waals surface area (Å²) in [5.74, 6) is 0.0916. The predicted molar refractivity (Wildman–Crippen MR) is 102 cm³/mol. The Kier molecular flexibility index (Phi) is 4.26. The fraction of sp³-hybridized carbons (Fsp3) is 0.250. The quantitative estimate of drug-likeness (QED) is 0.791. The van der Waals surface area contributed by atoms with E-state index in [0.29, 0.717) is 19.5 Å². The van der Waals surface area contributed by atoms with Crippen LogP contribution in [-0.4, -0.2) is 34.5 Å².